The van der Waals surface area contributed by atoms with Crippen molar-refractivity contribution in [2.45, 2.75) is 25.3 Å². The van der Waals surface area contributed by atoms with Gasteiger partial charge < -0.3 is 18.8 Å². The summed E-state index contributed by atoms with van der Waals surface area (Å²) in [4.78, 5) is 0. The van der Waals surface area contributed by atoms with Crippen LogP contribution in [0.25, 0.3) is 0 Å². The summed E-state index contributed by atoms with van der Waals surface area (Å²) in [6, 6.07) is -0.762. The Labute approximate surface area is 108 Å². The van der Waals surface area contributed by atoms with Gasteiger partial charge in [-0.2, -0.15) is 0 Å². The molecule has 1 atom stereocenters. The van der Waals surface area contributed by atoms with Crippen molar-refractivity contribution in [1.29, 1.82) is 0 Å². The van der Waals surface area contributed by atoms with Gasteiger partial charge in [-0.3, -0.25) is 5.73 Å². The predicted octanol–water partition coefficient (Wildman–Crippen LogP) is -7.45. The molecule has 0 aliphatic rings. The molecule has 6 N–H and O–H groups in total. The Balaban J connectivity index is -0.0000000408. The molecule has 4 nitrogen and oxygen atoms in total. The third kappa shape index (κ3) is 7.94. The van der Waals surface area contributed by atoms with Crippen molar-refractivity contribution in [3.63, 3.8) is 0 Å². The molecule has 0 radical (unpaired) electrons. The Morgan fingerprint density at radius 3 is 1.80 bits per heavy atom. The number of hydrogen-bond acceptors (Lipinski definition) is 4. The molecule has 0 saturated carbocycles. The van der Waals surface area contributed by atoms with Crippen molar-refractivity contribution in [1.82, 2.24) is 0 Å². The predicted molar refractivity (Wildman–Crippen MR) is 31.8 cm³/mol. The first-order chi connectivity index (χ1) is 3.48. The fourth-order valence-electron chi connectivity index (χ4n) is 0.300. The zero-order valence-corrected chi connectivity index (χ0v) is 10.8. The first kappa shape index (κ1) is 17.8. The minimum absolute atomic E-state index is 0. The number of aliphatic hydroxyl groups is 2. The van der Waals surface area contributed by atoms with Crippen LogP contribution in [0.3, 0.4) is 0 Å². The van der Waals surface area contributed by atoms with E-state index in [-0.39, 0.29) is 62.0 Å². The minimum Gasteiger partial charge on any atom is -1.00 e. The molecule has 0 aliphatic carbocycles. The molecular formula is C4H14N2Na2O2. The maximum absolute atomic E-state index is 8.49. The van der Waals surface area contributed by atoms with Crippen molar-refractivity contribution >= 4 is 0 Å². The summed E-state index contributed by atoms with van der Waals surface area (Å²) in [5.41, 5.74) is 9.90. The van der Waals surface area contributed by atoms with Crippen molar-refractivity contribution in [2.24, 2.45) is 11.5 Å². The molecule has 54 valence electrons. The second kappa shape index (κ2) is 7.49. The van der Waals surface area contributed by atoms with Crippen LogP contribution in [0, 0.1) is 0 Å². The first-order valence-electron chi connectivity index (χ1n) is 2.47. The summed E-state index contributed by atoms with van der Waals surface area (Å²) in [6.45, 7) is 1.72. The Morgan fingerprint density at radius 2 is 1.80 bits per heavy atom. The molecule has 0 aromatic rings. The van der Waals surface area contributed by atoms with Crippen LogP contribution in [0.15, 0.2) is 0 Å². The molecule has 10 heavy (non-hydrogen) atoms. The van der Waals surface area contributed by atoms with Crippen LogP contribution >= 0.6 is 0 Å². The van der Waals surface area contributed by atoms with E-state index in [0.717, 1.165) is 0 Å². The monoisotopic (exact) mass is 168 g/mol. The standard InChI is InChI=1S/C4H12N2O2.2Na.2H/c1-2-3(5)4(6,7)8;;;;/h3,7-8H,2,5-6H2,1H3;;;;/q;2*+1;2*-1. The fourth-order valence-corrected chi connectivity index (χ4v) is 0.300. The van der Waals surface area contributed by atoms with Gasteiger partial charge in [-0.25, -0.2) is 0 Å². The molecule has 0 bridgehead atoms. The van der Waals surface area contributed by atoms with Gasteiger partial charge in [-0.05, 0) is 6.42 Å². The normalized spacial score (nSPS) is 12.9. The van der Waals surface area contributed by atoms with Crippen molar-refractivity contribution in [3.05, 3.63) is 0 Å². The second-order valence-corrected chi connectivity index (χ2v) is 1.80. The maximum atomic E-state index is 8.49. The average Bonchev–Trinajstić information content (AvgIpc) is 1.62. The van der Waals surface area contributed by atoms with Gasteiger partial charge in [0, 0.05) is 0 Å². The van der Waals surface area contributed by atoms with Crippen molar-refractivity contribution in [3.8, 4) is 0 Å². The smallest absolute Gasteiger partial charge is 1.00 e. The third-order valence-electron chi connectivity index (χ3n) is 0.986. The van der Waals surface area contributed by atoms with Gasteiger partial charge >= 0.3 is 59.1 Å². The molecule has 0 saturated heterocycles. The molecule has 0 aromatic heterocycles. The van der Waals surface area contributed by atoms with Crippen LogP contribution in [0.1, 0.15) is 16.2 Å². The van der Waals surface area contributed by atoms with E-state index < -0.39 is 12.0 Å². The van der Waals surface area contributed by atoms with E-state index in [2.05, 4.69) is 0 Å². The number of rotatable bonds is 2. The van der Waals surface area contributed by atoms with E-state index in [1.807, 2.05) is 0 Å². The zero-order valence-electron chi connectivity index (χ0n) is 8.83. The molecular weight excluding hydrogens is 154 g/mol. The van der Waals surface area contributed by atoms with Crippen molar-refractivity contribution < 1.29 is 72.2 Å². The van der Waals surface area contributed by atoms with Crippen LogP contribution in [0.4, 0.5) is 0 Å². The second-order valence-electron chi connectivity index (χ2n) is 1.80. The van der Waals surface area contributed by atoms with E-state index in [9.17, 15) is 0 Å². The van der Waals surface area contributed by atoms with E-state index in [1.54, 1.807) is 6.92 Å². The summed E-state index contributed by atoms with van der Waals surface area (Å²) in [5, 5.41) is 17.0. The van der Waals surface area contributed by atoms with Crippen LogP contribution in [-0.4, -0.2) is 22.2 Å². The molecule has 0 spiro atoms. The Kier molecular flexibility index (Phi) is 13.3. The van der Waals surface area contributed by atoms with Crippen LogP contribution < -0.4 is 70.6 Å². The minimum atomic E-state index is -2.21. The zero-order chi connectivity index (χ0) is 6.78. The van der Waals surface area contributed by atoms with Crippen LogP contribution in [0.2, 0.25) is 0 Å². The molecule has 0 heterocycles. The average molecular weight is 168 g/mol. The molecule has 0 fully saturated rings. The van der Waals surface area contributed by atoms with E-state index in [0.29, 0.717) is 6.42 Å². The fraction of sp³-hybridized carbons (Fsp3) is 1.00. The van der Waals surface area contributed by atoms with E-state index in [1.165, 1.54) is 0 Å². The van der Waals surface area contributed by atoms with Crippen molar-refractivity contribution in [2.75, 3.05) is 0 Å². The first-order valence-corrected chi connectivity index (χ1v) is 2.47. The van der Waals surface area contributed by atoms with Gasteiger partial charge in [0.1, 0.15) is 0 Å². The van der Waals surface area contributed by atoms with Gasteiger partial charge in [0.2, 0.25) is 5.91 Å². The maximum Gasteiger partial charge on any atom is 1.00 e. The topological polar surface area (TPSA) is 92.5 Å². The Hall–Kier alpha value is 1.84. The van der Waals surface area contributed by atoms with Crippen LogP contribution in [0.5, 0.6) is 0 Å². The van der Waals surface area contributed by atoms with E-state index >= 15 is 0 Å². The van der Waals surface area contributed by atoms with Gasteiger partial charge in [-0.1, -0.05) is 6.92 Å². The summed E-state index contributed by atoms with van der Waals surface area (Å²) >= 11 is 0. The van der Waals surface area contributed by atoms with Gasteiger partial charge in [0.15, 0.2) is 0 Å². The molecule has 0 aromatic carbocycles. The summed E-state index contributed by atoms with van der Waals surface area (Å²) in [7, 11) is 0. The molecule has 6 heteroatoms. The quantitative estimate of drug-likeness (QED) is 0.243. The SMILES string of the molecule is CCC(N)C(N)(O)O.[H-].[H-].[Na+].[Na+]. The summed E-state index contributed by atoms with van der Waals surface area (Å²) in [6.07, 6.45) is 0.448. The van der Waals surface area contributed by atoms with Gasteiger partial charge in [0.25, 0.3) is 0 Å². The van der Waals surface area contributed by atoms with Gasteiger partial charge in [-0.15, -0.1) is 0 Å². The molecule has 0 aliphatic heterocycles. The van der Waals surface area contributed by atoms with Gasteiger partial charge in [0.05, 0.1) is 6.04 Å². The molecule has 0 amide bonds. The third-order valence-corrected chi connectivity index (χ3v) is 0.986. The molecule has 0 rings (SSSR count). The van der Waals surface area contributed by atoms with E-state index in [4.69, 9.17) is 21.7 Å². The Bertz CT molecular complexity index is 83.9. The summed E-state index contributed by atoms with van der Waals surface area (Å²) < 4.78 is 0. The molecule has 1 unspecified atom stereocenters. The Morgan fingerprint density at radius 1 is 1.50 bits per heavy atom. The number of nitrogens with two attached hydrogens (primary N) is 2. The summed E-state index contributed by atoms with van der Waals surface area (Å²) in [5.74, 6) is -2.21. The number of hydrogen-bond donors (Lipinski definition) is 4. The van der Waals surface area contributed by atoms with Crippen LogP contribution in [-0.2, 0) is 0 Å². The largest absolute Gasteiger partial charge is 1.00 e.